The van der Waals surface area contributed by atoms with Gasteiger partial charge in [-0.25, -0.2) is 9.37 Å². The molecule has 2 rings (SSSR count). The maximum Gasteiger partial charge on any atom is 0.304 e. The van der Waals surface area contributed by atoms with E-state index in [4.69, 9.17) is 21.6 Å². The molecule has 34 heavy (non-hydrogen) atoms. The van der Waals surface area contributed by atoms with Crippen LogP contribution in [0.3, 0.4) is 0 Å². The Morgan fingerprint density at radius 1 is 1.41 bits per heavy atom. The van der Waals surface area contributed by atoms with E-state index in [1.165, 1.54) is 22.4 Å². The molecule has 0 aliphatic heterocycles. The second-order valence-electron chi connectivity index (χ2n) is 7.10. The normalized spacial score (nSPS) is 12.6. The van der Waals surface area contributed by atoms with Crippen LogP contribution in [-0.2, 0) is 17.0 Å². The van der Waals surface area contributed by atoms with Gasteiger partial charge in [0.15, 0.2) is 5.69 Å². The molecule has 0 saturated carbocycles. The molecule has 12 heteroatoms. The monoisotopic (exact) mass is 512 g/mol. The van der Waals surface area contributed by atoms with Gasteiger partial charge in [-0.2, -0.15) is 14.0 Å². The second kappa shape index (κ2) is 11.3. The van der Waals surface area contributed by atoms with Crippen LogP contribution in [0.5, 0.6) is 11.5 Å². The van der Waals surface area contributed by atoms with E-state index in [0.29, 0.717) is 6.42 Å². The average Bonchev–Trinajstić information content (AvgIpc) is 2.78. The molecule has 1 heterocycles. The molecule has 2 aromatic rings. The Bertz CT molecular complexity index is 1260. The summed E-state index contributed by atoms with van der Waals surface area (Å²) in [6.45, 7) is 3.27. The second-order valence-corrected chi connectivity index (χ2v) is 8.23. The van der Waals surface area contributed by atoms with Gasteiger partial charge in [0.25, 0.3) is 5.56 Å². The van der Waals surface area contributed by atoms with Gasteiger partial charge < -0.3 is 10.1 Å². The molecule has 1 N–H and O–H groups in total. The van der Waals surface area contributed by atoms with Gasteiger partial charge in [0.1, 0.15) is 11.6 Å². The number of nitriles is 1. The Hall–Kier alpha value is -3.15. The van der Waals surface area contributed by atoms with E-state index in [1.807, 2.05) is 6.92 Å². The molecule has 0 bridgehead atoms. The number of hydrogen-bond acceptors (Lipinski definition) is 5. The van der Waals surface area contributed by atoms with Gasteiger partial charge in [-0.3, -0.25) is 14.2 Å². The van der Waals surface area contributed by atoms with E-state index in [1.54, 1.807) is 13.0 Å². The van der Waals surface area contributed by atoms with Crippen LogP contribution >= 0.6 is 20.8 Å². The number of benzene rings is 1. The van der Waals surface area contributed by atoms with Crippen molar-refractivity contribution >= 4 is 26.7 Å². The Balaban J connectivity index is 2.65. The molecule has 0 spiro atoms. The first-order valence-electron chi connectivity index (χ1n) is 9.84. The number of nitrogens with zero attached hydrogens (tertiary/aromatic N) is 3. The standard InChI is InChI=1S/C22H21ClF3N4O3P/c1-4-12(2)17(23)7-14(20(31)28-3)10-30-11-29-19(22(25,26)34)18(21(30)32)33-16-6-13(9-27)5-15(24)8-16/h5-8,11H,4,10,34H2,1-3H3,(H,28,31)/b14-7-,17-12-. The molecule has 7 nitrogen and oxygen atoms in total. The highest BCUT2D eigenvalue weighted by molar-refractivity contribution is 7.17. The number of halogens is 4. The van der Waals surface area contributed by atoms with Crippen LogP contribution in [0.2, 0.25) is 0 Å². The zero-order chi connectivity index (χ0) is 25.6. The zero-order valence-corrected chi connectivity index (χ0v) is 20.4. The maximum atomic E-state index is 14.1. The first kappa shape index (κ1) is 27.1. The van der Waals surface area contributed by atoms with Gasteiger partial charge in [-0.05, 0) is 31.6 Å². The Morgan fingerprint density at radius 2 is 2.09 bits per heavy atom. The van der Waals surface area contributed by atoms with Crippen molar-refractivity contribution in [2.24, 2.45) is 0 Å². The molecule has 1 aromatic carbocycles. The smallest absolute Gasteiger partial charge is 0.304 e. The van der Waals surface area contributed by atoms with Crippen LogP contribution in [0.15, 0.2) is 51.6 Å². The van der Waals surface area contributed by atoms with E-state index >= 15 is 0 Å². The maximum absolute atomic E-state index is 14.1. The summed E-state index contributed by atoms with van der Waals surface area (Å²) < 4.78 is 48.3. The zero-order valence-electron chi connectivity index (χ0n) is 18.5. The molecule has 1 aromatic heterocycles. The summed E-state index contributed by atoms with van der Waals surface area (Å²) >= 11 is 6.23. The minimum Gasteiger partial charge on any atom is -0.449 e. The Morgan fingerprint density at radius 3 is 2.65 bits per heavy atom. The Kier molecular flexibility index (Phi) is 9.02. The summed E-state index contributed by atoms with van der Waals surface area (Å²) in [5, 5.41) is 11.7. The molecule has 1 amide bonds. The lowest BCUT2D eigenvalue weighted by Crippen LogP contribution is -2.30. The number of alkyl halides is 2. The van der Waals surface area contributed by atoms with Crippen molar-refractivity contribution in [1.29, 1.82) is 5.26 Å². The highest BCUT2D eigenvalue weighted by Crippen LogP contribution is 2.38. The van der Waals surface area contributed by atoms with E-state index in [-0.39, 0.29) is 28.5 Å². The van der Waals surface area contributed by atoms with Crippen LogP contribution in [-0.4, -0.2) is 22.5 Å². The fourth-order valence-electron chi connectivity index (χ4n) is 2.69. The fourth-order valence-corrected chi connectivity index (χ4v) is 3.16. The number of carbonyl (C=O) groups excluding carboxylic acids is 1. The fraction of sp³-hybridized carbons (Fsp3) is 0.273. The van der Waals surface area contributed by atoms with Gasteiger partial charge >= 0.3 is 5.66 Å². The SMILES string of the molecule is CC/C(C)=C(Cl)/C=C(/Cn1cnc(C(F)(F)P)c(Oc2cc(F)cc(C#N)c2)c1=O)C(=O)NC. The molecule has 1 atom stereocenters. The van der Waals surface area contributed by atoms with Crippen molar-refractivity contribution in [3.8, 4) is 17.6 Å². The number of amides is 1. The lowest BCUT2D eigenvalue weighted by molar-refractivity contribution is -0.117. The molecule has 0 saturated heterocycles. The highest BCUT2D eigenvalue weighted by Gasteiger charge is 2.34. The number of hydrogen-bond donors (Lipinski definition) is 1. The first-order chi connectivity index (χ1) is 15.9. The third-order valence-corrected chi connectivity index (χ3v) is 5.34. The molecular formula is C22H21ClF3N4O3P. The Labute approximate surface area is 201 Å². The lowest BCUT2D eigenvalue weighted by atomic mass is 10.1. The van der Waals surface area contributed by atoms with E-state index in [0.717, 1.165) is 34.7 Å². The minimum atomic E-state index is -3.66. The minimum absolute atomic E-state index is 0.0538. The number of ether oxygens (including phenoxy) is 1. The van der Waals surface area contributed by atoms with Gasteiger partial charge in [0.05, 0.1) is 24.5 Å². The van der Waals surface area contributed by atoms with Crippen molar-refractivity contribution in [2.75, 3.05) is 7.05 Å². The lowest BCUT2D eigenvalue weighted by Gasteiger charge is -2.17. The summed E-state index contributed by atoms with van der Waals surface area (Å²) in [6.07, 6.45) is 2.83. The molecule has 0 radical (unpaired) electrons. The summed E-state index contributed by atoms with van der Waals surface area (Å²) in [5.41, 5.74) is -5.05. The quantitative estimate of drug-likeness (QED) is 0.317. The third kappa shape index (κ3) is 6.69. The van der Waals surface area contributed by atoms with Gasteiger partial charge in [-0.1, -0.05) is 33.3 Å². The number of carbonyl (C=O) groups is 1. The largest absolute Gasteiger partial charge is 0.449 e. The van der Waals surface area contributed by atoms with Crippen LogP contribution in [0.4, 0.5) is 13.2 Å². The number of nitrogens with one attached hydrogen (secondary N) is 1. The summed E-state index contributed by atoms with van der Waals surface area (Å²) in [4.78, 5) is 29.1. The summed E-state index contributed by atoms with van der Waals surface area (Å²) in [6, 6.07) is 4.53. The predicted molar refractivity (Wildman–Crippen MR) is 124 cm³/mol. The third-order valence-electron chi connectivity index (χ3n) is 4.63. The van der Waals surface area contributed by atoms with Gasteiger partial charge in [-0.15, -0.1) is 0 Å². The van der Waals surface area contributed by atoms with Crippen molar-refractivity contribution in [2.45, 2.75) is 32.5 Å². The first-order valence-corrected chi connectivity index (χ1v) is 10.8. The molecule has 0 aliphatic rings. The summed E-state index contributed by atoms with van der Waals surface area (Å²) in [7, 11) is 2.62. The van der Waals surface area contributed by atoms with E-state index in [2.05, 4.69) is 10.3 Å². The topological polar surface area (TPSA) is 97.0 Å². The number of likely N-dealkylation sites (N-methyl/N-ethyl adjacent to an activating group) is 1. The molecule has 0 aliphatic carbocycles. The van der Waals surface area contributed by atoms with Crippen LogP contribution in [0, 0.1) is 17.1 Å². The van der Waals surface area contributed by atoms with Crippen LogP contribution in [0.1, 0.15) is 31.5 Å². The van der Waals surface area contributed by atoms with E-state index < -0.39 is 34.4 Å². The highest BCUT2D eigenvalue weighted by atomic mass is 35.5. The summed E-state index contributed by atoms with van der Waals surface area (Å²) in [5.74, 6) is -2.66. The number of aromatic nitrogens is 2. The van der Waals surface area contributed by atoms with E-state index in [9.17, 15) is 22.8 Å². The predicted octanol–water partition coefficient (Wildman–Crippen LogP) is 4.57. The van der Waals surface area contributed by atoms with Gasteiger partial charge in [0, 0.05) is 23.7 Å². The van der Waals surface area contributed by atoms with Crippen LogP contribution < -0.4 is 15.6 Å². The molecule has 1 unspecified atom stereocenters. The van der Waals surface area contributed by atoms with Crippen molar-refractivity contribution in [3.63, 3.8) is 0 Å². The van der Waals surface area contributed by atoms with Crippen molar-refractivity contribution in [1.82, 2.24) is 14.9 Å². The number of rotatable bonds is 8. The van der Waals surface area contributed by atoms with Gasteiger partial charge in [0.2, 0.25) is 11.7 Å². The van der Waals surface area contributed by atoms with Crippen LogP contribution in [0.25, 0.3) is 0 Å². The molecule has 180 valence electrons. The molecule has 0 fully saturated rings. The average molecular weight is 513 g/mol. The molecular weight excluding hydrogens is 492 g/mol. The number of allylic oxidation sites excluding steroid dienone is 3. The van der Waals surface area contributed by atoms with Crippen molar-refractivity contribution < 1.29 is 22.7 Å². The van der Waals surface area contributed by atoms with Crippen molar-refractivity contribution in [3.05, 3.63) is 74.2 Å².